The predicted octanol–water partition coefficient (Wildman–Crippen LogP) is 4.19. The second-order valence-corrected chi connectivity index (χ2v) is 9.99. The van der Waals surface area contributed by atoms with Crippen LogP contribution in [0.5, 0.6) is 0 Å². The van der Waals surface area contributed by atoms with Crippen LogP contribution in [-0.4, -0.2) is 34.0 Å². The fourth-order valence-electron chi connectivity index (χ4n) is 2.02. The van der Waals surface area contributed by atoms with Crippen LogP contribution in [0.15, 0.2) is 12.1 Å². The third kappa shape index (κ3) is 37.6. The van der Waals surface area contributed by atoms with Gasteiger partial charge in [0.1, 0.15) is 0 Å². The van der Waals surface area contributed by atoms with Crippen molar-refractivity contribution in [3.63, 3.8) is 0 Å². The number of carboxylic acid groups (broad SMARTS) is 2. The second-order valence-electron chi connectivity index (χ2n) is 6.71. The molecule has 4 rings (SSSR count). The molecule has 0 spiro atoms. The monoisotopic (exact) mass is 911 g/mol. The molecule has 0 heterocycles. The summed E-state index contributed by atoms with van der Waals surface area (Å²) >= 11 is -0.472. The Labute approximate surface area is 302 Å². The van der Waals surface area contributed by atoms with Crippen molar-refractivity contribution in [3.8, 4) is 0 Å². The zero-order valence-corrected chi connectivity index (χ0v) is 28.9. The quantitative estimate of drug-likeness (QED) is 0.136. The Morgan fingerprint density at radius 3 is 1.04 bits per heavy atom. The Morgan fingerprint density at radius 1 is 0.578 bits per heavy atom. The minimum atomic E-state index is -0.978. The fraction of sp³-hybridized carbons (Fsp3) is 0.200. The van der Waals surface area contributed by atoms with Gasteiger partial charge in [-0.3, -0.25) is 19.2 Å². The maximum Gasteiger partial charge on any atom is 0 e. The van der Waals surface area contributed by atoms with Gasteiger partial charge in [-0.15, -0.1) is 13.1 Å². The van der Waals surface area contributed by atoms with Crippen molar-refractivity contribution in [2.45, 2.75) is 38.8 Å². The zero-order chi connectivity index (χ0) is 30.6. The molecular formula is C30H22Cl2Fe2N4O6Pt-20. The van der Waals surface area contributed by atoms with E-state index in [0.29, 0.717) is 24.2 Å². The van der Waals surface area contributed by atoms with E-state index in [1.807, 2.05) is 0 Å². The van der Waals surface area contributed by atoms with Gasteiger partial charge in [-0.05, 0) is 0 Å². The molecule has 45 heavy (non-hydrogen) atoms. The van der Waals surface area contributed by atoms with Crippen molar-refractivity contribution < 1.29 is 80.0 Å². The SMILES string of the molecule is O=C(O)CCC(=O)NC[c-]1[c-][c-][c-][c-]1.O=C(O)CCC(=O)NC[c-]1[c-][c-][c-][c-]1.[Cl][Pt+2][Cl].[Fe].[Fe].[NH2-].[NH2-].[c-]1[c-][c-][cH-][c-]1.[c-]1[c-][c-][cH-][c-]1. The van der Waals surface area contributed by atoms with E-state index in [1.165, 1.54) is 0 Å². The van der Waals surface area contributed by atoms with Crippen LogP contribution in [0.4, 0.5) is 0 Å². The molecule has 4 aromatic carbocycles. The Kier molecular flexibility index (Phi) is 43.6. The summed E-state index contributed by atoms with van der Waals surface area (Å²) in [6.07, 6.45) is -0.329. The van der Waals surface area contributed by atoms with Crippen LogP contribution in [0, 0.1) is 97.1 Å². The number of amides is 2. The summed E-state index contributed by atoms with van der Waals surface area (Å²) < 4.78 is 0. The van der Waals surface area contributed by atoms with Gasteiger partial charge in [0.05, 0.1) is 12.8 Å². The first kappa shape index (κ1) is 52.1. The molecule has 4 aromatic rings. The molecule has 0 aliphatic heterocycles. The van der Waals surface area contributed by atoms with E-state index >= 15 is 0 Å². The summed E-state index contributed by atoms with van der Waals surface area (Å²) in [5.41, 5.74) is 1.32. The predicted molar refractivity (Wildman–Crippen MR) is 149 cm³/mol. The average molecular weight is 912 g/mol. The van der Waals surface area contributed by atoms with Crippen LogP contribution in [0.1, 0.15) is 36.8 Å². The average Bonchev–Trinajstić information content (AvgIpc) is 3.79. The van der Waals surface area contributed by atoms with E-state index < -0.39 is 28.4 Å². The van der Waals surface area contributed by atoms with Crippen LogP contribution >= 0.6 is 18.8 Å². The van der Waals surface area contributed by atoms with E-state index in [0.717, 1.165) is 0 Å². The van der Waals surface area contributed by atoms with Crippen molar-refractivity contribution in [1.29, 1.82) is 0 Å². The molecule has 0 fully saturated rings. The van der Waals surface area contributed by atoms with E-state index in [9.17, 15) is 19.2 Å². The largest absolute Gasteiger partial charge is 0.999 e. The van der Waals surface area contributed by atoms with E-state index in [-0.39, 0.29) is 83.9 Å². The molecular weight excluding hydrogens is 890 g/mol. The minimum absolute atomic E-state index is 0. The number of hydrogen-bond acceptors (Lipinski definition) is 4. The van der Waals surface area contributed by atoms with Crippen molar-refractivity contribution in [3.05, 3.63) is 133 Å². The van der Waals surface area contributed by atoms with Gasteiger partial charge >= 0.3 is 47.3 Å². The van der Waals surface area contributed by atoms with Gasteiger partial charge in [-0.25, -0.2) is 0 Å². The molecule has 0 aromatic heterocycles. The Bertz CT molecular complexity index is 1020. The third-order valence-corrected chi connectivity index (χ3v) is 3.74. The number of hydrogen-bond donors (Lipinski definition) is 4. The number of aliphatic carboxylic acids is 2. The maximum atomic E-state index is 11.0. The molecule has 0 saturated heterocycles. The molecule has 0 unspecified atom stereocenters. The topological polar surface area (TPSA) is 200 Å². The molecule has 2 amide bonds. The van der Waals surface area contributed by atoms with Gasteiger partial charge in [-0.2, -0.15) is 0 Å². The maximum absolute atomic E-state index is 11.0. The normalized spacial score (nSPS) is 8.31. The van der Waals surface area contributed by atoms with Crippen molar-refractivity contribution >= 4 is 42.6 Å². The summed E-state index contributed by atoms with van der Waals surface area (Å²) in [7, 11) is 9.75. The Balaban J connectivity index is -0.000000160. The summed E-state index contributed by atoms with van der Waals surface area (Å²) in [6.45, 7) is 0.580. The van der Waals surface area contributed by atoms with Crippen LogP contribution in [-0.2, 0) is 82.9 Å². The fourth-order valence-corrected chi connectivity index (χ4v) is 2.02. The number of nitrogens with one attached hydrogen (secondary N) is 2. The summed E-state index contributed by atoms with van der Waals surface area (Å²) in [6, 6.07) is 45.0. The van der Waals surface area contributed by atoms with Gasteiger partial charge in [0.25, 0.3) is 0 Å². The zero-order valence-electron chi connectivity index (χ0n) is 22.9. The molecule has 15 heteroatoms. The van der Waals surface area contributed by atoms with Crippen LogP contribution in [0.3, 0.4) is 0 Å². The molecule has 0 aliphatic carbocycles. The Morgan fingerprint density at radius 2 is 0.844 bits per heavy atom. The number of nitrogens with two attached hydrogens (primary N) is 2. The molecule has 0 atom stereocenters. The first-order chi connectivity index (χ1) is 19.8. The molecule has 0 bridgehead atoms. The number of carboxylic acids is 2. The molecule has 258 valence electrons. The molecule has 0 saturated carbocycles. The summed E-state index contributed by atoms with van der Waals surface area (Å²) in [5.74, 6) is -2.55. The molecule has 0 aliphatic rings. The van der Waals surface area contributed by atoms with E-state index in [1.54, 1.807) is 12.1 Å². The molecule has 8 N–H and O–H groups in total. The van der Waals surface area contributed by atoms with Gasteiger partial charge in [0.15, 0.2) is 0 Å². The van der Waals surface area contributed by atoms with Crippen LogP contribution in [0.2, 0.25) is 0 Å². The van der Waals surface area contributed by atoms with Crippen LogP contribution in [0.25, 0.3) is 12.3 Å². The number of rotatable bonds is 10. The standard InChI is InChI=1S/2C10H8NO3.2C5H.2ClH.2Fe.2H2N.Pt/c2*12-9(5-6-10(13)14)11-7-8-3-1-2-4-8;2*1-2-4-5-3-1;;;;;;;/h2*5-7H2,(H,11,12)(H,13,14);2*1H;2*1H;;;2*1H2;/q4*-5;;;;;2*-1;+4/p-2. The summed E-state index contributed by atoms with van der Waals surface area (Å²) in [4.78, 5) is 42.3. The second kappa shape index (κ2) is 37.7. The third-order valence-electron chi connectivity index (χ3n) is 3.74. The van der Waals surface area contributed by atoms with E-state index in [2.05, 4.69) is 108 Å². The smallest absolute Gasteiger partial charge is 0 e. The van der Waals surface area contributed by atoms with Crippen LogP contribution < -0.4 is 10.6 Å². The first-order valence-corrected chi connectivity index (χ1v) is 16.6. The van der Waals surface area contributed by atoms with E-state index in [4.69, 9.17) is 29.0 Å². The van der Waals surface area contributed by atoms with Gasteiger partial charge in [0.2, 0.25) is 11.8 Å². The van der Waals surface area contributed by atoms with Crippen molar-refractivity contribution in [2.24, 2.45) is 0 Å². The molecule has 0 radical (unpaired) electrons. The number of halogens is 2. The Hall–Kier alpha value is -2.49. The van der Waals surface area contributed by atoms with Crippen molar-refractivity contribution in [2.75, 3.05) is 0 Å². The van der Waals surface area contributed by atoms with Gasteiger partial charge in [0, 0.05) is 47.0 Å². The van der Waals surface area contributed by atoms with Crippen molar-refractivity contribution in [1.82, 2.24) is 10.6 Å². The first-order valence-electron chi connectivity index (χ1n) is 11.0. The minimum Gasteiger partial charge on any atom is -0.999 e. The summed E-state index contributed by atoms with van der Waals surface area (Å²) in [5, 5.41) is 21.7. The number of carbonyl (C=O) groups is 4. The van der Waals surface area contributed by atoms with Gasteiger partial charge < -0.3 is 153 Å². The molecule has 10 nitrogen and oxygen atoms in total. The number of carbonyl (C=O) groups excluding carboxylic acids is 2. The van der Waals surface area contributed by atoms with Gasteiger partial charge in [-0.1, -0.05) is 0 Å².